The fourth-order valence-corrected chi connectivity index (χ4v) is 2.00. The van der Waals surface area contributed by atoms with Gasteiger partial charge in [0.2, 0.25) is 0 Å². The lowest BCUT2D eigenvalue weighted by Crippen LogP contribution is -2.09. The highest BCUT2D eigenvalue weighted by atomic mass is 15.1. The lowest BCUT2D eigenvalue weighted by Gasteiger charge is -2.16. The summed E-state index contributed by atoms with van der Waals surface area (Å²) >= 11 is 0. The average Bonchev–Trinajstić information content (AvgIpc) is 2.39. The van der Waals surface area contributed by atoms with Crippen LogP contribution in [0.2, 0.25) is 0 Å². The summed E-state index contributed by atoms with van der Waals surface area (Å²) in [5, 5.41) is 3.48. The molecule has 3 nitrogen and oxygen atoms in total. The van der Waals surface area contributed by atoms with Crippen molar-refractivity contribution in [3.8, 4) is 0 Å². The van der Waals surface area contributed by atoms with Crippen LogP contribution >= 0.6 is 0 Å². The molecule has 0 aliphatic heterocycles. The summed E-state index contributed by atoms with van der Waals surface area (Å²) in [5.74, 6) is 0. The second kappa shape index (κ2) is 5.74. The number of aryl methyl sites for hydroxylation is 2. The molecule has 1 aromatic carbocycles. The highest BCUT2D eigenvalue weighted by Gasteiger charge is 2.03. The molecule has 100 valence electrons. The molecule has 0 bridgehead atoms. The summed E-state index contributed by atoms with van der Waals surface area (Å²) in [4.78, 5) is 6.28. The molecule has 2 aromatic rings. The molecule has 0 unspecified atom stereocenters. The van der Waals surface area contributed by atoms with Crippen molar-refractivity contribution in [3.63, 3.8) is 0 Å². The zero-order valence-electron chi connectivity index (χ0n) is 12.1. The summed E-state index contributed by atoms with van der Waals surface area (Å²) in [5.41, 5.74) is 6.16. The molecule has 3 heteroatoms. The third kappa shape index (κ3) is 3.25. The van der Waals surface area contributed by atoms with Crippen molar-refractivity contribution in [1.82, 2.24) is 4.98 Å². The van der Waals surface area contributed by atoms with Gasteiger partial charge < -0.3 is 10.2 Å². The Balaban J connectivity index is 2.10. The fourth-order valence-electron chi connectivity index (χ4n) is 2.00. The summed E-state index contributed by atoms with van der Waals surface area (Å²) in [7, 11) is 4.11. The number of benzene rings is 1. The van der Waals surface area contributed by atoms with Crippen molar-refractivity contribution in [1.29, 1.82) is 0 Å². The van der Waals surface area contributed by atoms with Gasteiger partial charge in [-0.15, -0.1) is 0 Å². The van der Waals surface area contributed by atoms with Gasteiger partial charge in [-0.2, -0.15) is 0 Å². The Bertz CT molecular complexity index is 562. The minimum atomic E-state index is 0.807. The Morgan fingerprint density at radius 3 is 2.53 bits per heavy atom. The first-order valence-corrected chi connectivity index (χ1v) is 6.49. The van der Waals surface area contributed by atoms with Gasteiger partial charge in [-0.05, 0) is 54.8 Å². The number of hydrogen-bond acceptors (Lipinski definition) is 3. The molecular formula is C16H21N3. The molecule has 2 rings (SSSR count). The van der Waals surface area contributed by atoms with Crippen LogP contribution in [0.1, 0.15) is 16.7 Å². The van der Waals surface area contributed by atoms with Gasteiger partial charge in [-0.25, -0.2) is 0 Å². The van der Waals surface area contributed by atoms with Crippen LogP contribution in [0.5, 0.6) is 0 Å². The van der Waals surface area contributed by atoms with Crippen molar-refractivity contribution in [2.24, 2.45) is 0 Å². The Morgan fingerprint density at radius 1 is 1.11 bits per heavy atom. The van der Waals surface area contributed by atoms with Crippen molar-refractivity contribution in [2.75, 3.05) is 24.3 Å². The molecule has 0 aliphatic carbocycles. The number of pyridine rings is 1. The van der Waals surface area contributed by atoms with E-state index < -0.39 is 0 Å². The summed E-state index contributed by atoms with van der Waals surface area (Å²) in [6.45, 7) is 5.05. The molecule has 0 spiro atoms. The van der Waals surface area contributed by atoms with Gasteiger partial charge in [0, 0.05) is 44.4 Å². The Labute approximate surface area is 115 Å². The van der Waals surface area contributed by atoms with E-state index >= 15 is 0 Å². The number of nitrogens with zero attached hydrogens (tertiary/aromatic N) is 2. The molecule has 0 aliphatic rings. The van der Waals surface area contributed by atoms with E-state index in [4.69, 9.17) is 0 Å². The molecule has 1 N–H and O–H groups in total. The van der Waals surface area contributed by atoms with E-state index in [0.717, 1.165) is 6.54 Å². The van der Waals surface area contributed by atoms with Gasteiger partial charge in [-0.1, -0.05) is 0 Å². The minimum absolute atomic E-state index is 0.807. The van der Waals surface area contributed by atoms with E-state index in [9.17, 15) is 0 Å². The standard InChI is InChI=1S/C16H21N3/c1-12-7-8-17-10-14(12)11-18-16-6-5-15(19(3)4)9-13(16)2/h5-10,18H,11H2,1-4H3. The maximum Gasteiger partial charge on any atom is 0.0418 e. The molecule has 0 amide bonds. The molecule has 0 radical (unpaired) electrons. The van der Waals surface area contributed by atoms with Gasteiger partial charge in [0.25, 0.3) is 0 Å². The first-order chi connectivity index (χ1) is 9.08. The summed E-state index contributed by atoms with van der Waals surface area (Å²) < 4.78 is 0. The predicted molar refractivity (Wildman–Crippen MR) is 81.8 cm³/mol. The highest BCUT2D eigenvalue weighted by molar-refractivity contribution is 5.59. The largest absolute Gasteiger partial charge is 0.381 e. The van der Waals surface area contributed by atoms with Crippen LogP contribution in [0.25, 0.3) is 0 Å². The molecule has 0 fully saturated rings. The van der Waals surface area contributed by atoms with Gasteiger partial charge in [0.1, 0.15) is 0 Å². The van der Waals surface area contributed by atoms with Gasteiger partial charge in [0.15, 0.2) is 0 Å². The van der Waals surface area contributed by atoms with Gasteiger partial charge in [-0.3, -0.25) is 4.98 Å². The zero-order valence-corrected chi connectivity index (χ0v) is 12.1. The van der Waals surface area contributed by atoms with Crippen LogP contribution in [0.4, 0.5) is 11.4 Å². The van der Waals surface area contributed by atoms with Crippen LogP contribution in [-0.2, 0) is 6.54 Å². The monoisotopic (exact) mass is 255 g/mol. The smallest absolute Gasteiger partial charge is 0.0418 e. The maximum atomic E-state index is 4.17. The van der Waals surface area contributed by atoms with E-state index in [1.54, 1.807) is 0 Å². The first-order valence-electron chi connectivity index (χ1n) is 6.49. The van der Waals surface area contributed by atoms with E-state index in [-0.39, 0.29) is 0 Å². The van der Waals surface area contributed by atoms with Gasteiger partial charge in [0.05, 0.1) is 0 Å². The molecule has 0 atom stereocenters. The molecule has 1 heterocycles. The van der Waals surface area contributed by atoms with E-state index in [0.29, 0.717) is 0 Å². The van der Waals surface area contributed by atoms with E-state index in [1.165, 1.54) is 28.1 Å². The lowest BCUT2D eigenvalue weighted by atomic mass is 10.1. The number of anilines is 2. The Morgan fingerprint density at radius 2 is 1.89 bits per heavy atom. The Hall–Kier alpha value is -2.03. The molecule has 0 saturated carbocycles. The molecule has 0 saturated heterocycles. The van der Waals surface area contributed by atoms with Crippen molar-refractivity contribution in [3.05, 3.63) is 53.3 Å². The molecule has 19 heavy (non-hydrogen) atoms. The average molecular weight is 255 g/mol. The van der Waals surface area contributed by atoms with Gasteiger partial charge >= 0.3 is 0 Å². The normalized spacial score (nSPS) is 10.3. The molecule has 1 aromatic heterocycles. The number of nitrogens with one attached hydrogen (secondary N) is 1. The predicted octanol–water partition coefficient (Wildman–Crippen LogP) is 3.38. The first kappa shape index (κ1) is 13.4. The Kier molecular flexibility index (Phi) is 4.05. The fraction of sp³-hybridized carbons (Fsp3) is 0.312. The second-order valence-electron chi connectivity index (χ2n) is 5.05. The maximum absolute atomic E-state index is 4.17. The topological polar surface area (TPSA) is 28.2 Å². The van der Waals surface area contributed by atoms with Crippen LogP contribution in [0.15, 0.2) is 36.7 Å². The lowest BCUT2D eigenvalue weighted by molar-refractivity contribution is 1.07. The van der Waals surface area contributed by atoms with Crippen LogP contribution in [-0.4, -0.2) is 19.1 Å². The SMILES string of the molecule is Cc1ccncc1CNc1ccc(N(C)C)cc1C. The minimum Gasteiger partial charge on any atom is -0.381 e. The third-order valence-electron chi connectivity index (χ3n) is 3.34. The quantitative estimate of drug-likeness (QED) is 0.907. The van der Waals surface area contributed by atoms with Crippen molar-refractivity contribution in [2.45, 2.75) is 20.4 Å². The number of aromatic nitrogens is 1. The number of rotatable bonds is 4. The highest BCUT2D eigenvalue weighted by Crippen LogP contribution is 2.22. The summed E-state index contributed by atoms with van der Waals surface area (Å²) in [6, 6.07) is 8.50. The van der Waals surface area contributed by atoms with Crippen molar-refractivity contribution >= 4 is 11.4 Å². The zero-order chi connectivity index (χ0) is 13.8. The number of hydrogen-bond donors (Lipinski definition) is 1. The third-order valence-corrected chi connectivity index (χ3v) is 3.34. The van der Waals surface area contributed by atoms with Crippen molar-refractivity contribution < 1.29 is 0 Å². The van der Waals surface area contributed by atoms with E-state index in [1.807, 2.05) is 18.5 Å². The summed E-state index contributed by atoms with van der Waals surface area (Å²) in [6.07, 6.45) is 3.75. The second-order valence-corrected chi connectivity index (χ2v) is 5.05. The van der Waals surface area contributed by atoms with E-state index in [2.05, 4.69) is 61.3 Å². The van der Waals surface area contributed by atoms with Crippen LogP contribution in [0.3, 0.4) is 0 Å². The van der Waals surface area contributed by atoms with Crippen LogP contribution < -0.4 is 10.2 Å². The molecular weight excluding hydrogens is 234 g/mol. The van der Waals surface area contributed by atoms with Crippen LogP contribution in [0, 0.1) is 13.8 Å².